The van der Waals surface area contributed by atoms with Gasteiger partial charge in [-0.25, -0.2) is 0 Å². The maximum absolute atomic E-state index is 11.2. The van der Waals surface area contributed by atoms with Crippen molar-refractivity contribution in [2.45, 2.75) is 13.8 Å². The Morgan fingerprint density at radius 1 is 1.31 bits per heavy atom. The van der Waals surface area contributed by atoms with Crippen LogP contribution in [0.4, 0.5) is 0 Å². The molecule has 0 heterocycles. The lowest BCUT2D eigenvalue weighted by atomic mass is 10.1. The molecule has 0 aliphatic carbocycles. The zero-order valence-electron chi connectivity index (χ0n) is 7.83. The SMILES string of the molecule is CCNC(=O)c1ccc(C)cc1.Cl. The largest absolute Gasteiger partial charge is 0.352 e. The van der Waals surface area contributed by atoms with E-state index in [-0.39, 0.29) is 18.3 Å². The number of rotatable bonds is 2. The molecule has 0 aliphatic rings. The van der Waals surface area contributed by atoms with Gasteiger partial charge in [0.25, 0.3) is 5.91 Å². The number of hydrogen-bond donors (Lipinski definition) is 1. The Balaban J connectivity index is 0.00000144. The summed E-state index contributed by atoms with van der Waals surface area (Å²) in [5.74, 6) is -0.00231. The average Bonchev–Trinajstić information content (AvgIpc) is 2.06. The lowest BCUT2D eigenvalue weighted by Gasteiger charge is -2.01. The molecule has 72 valence electrons. The van der Waals surface area contributed by atoms with Gasteiger partial charge in [0.2, 0.25) is 0 Å². The van der Waals surface area contributed by atoms with Crippen LogP contribution in [0.1, 0.15) is 22.8 Å². The monoisotopic (exact) mass is 199 g/mol. The van der Waals surface area contributed by atoms with Gasteiger partial charge < -0.3 is 5.32 Å². The number of halogens is 1. The number of hydrogen-bond acceptors (Lipinski definition) is 1. The van der Waals surface area contributed by atoms with E-state index < -0.39 is 0 Å². The van der Waals surface area contributed by atoms with Crippen molar-refractivity contribution in [1.29, 1.82) is 0 Å². The maximum atomic E-state index is 11.2. The third-order valence-electron chi connectivity index (χ3n) is 1.65. The standard InChI is InChI=1S/C10H13NO.ClH/c1-3-11-10(12)9-6-4-8(2)5-7-9;/h4-7H,3H2,1-2H3,(H,11,12);1H. The van der Waals surface area contributed by atoms with Crippen molar-refractivity contribution in [1.82, 2.24) is 5.32 Å². The zero-order valence-corrected chi connectivity index (χ0v) is 8.65. The highest BCUT2D eigenvalue weighted by molar-refractivity contribution is 5.94. The molecule has 3 heteroatoms. The molecule has 0 unspecified atom stereocenters. The molecule has 0 saturated carbocycles. The van der Waals surface area contributed by atoms with Crippen LogP contribution in [0, 0.1) is 6.92 Å². The van der Waals surface area contributed by atoms with Crippen molar-refractivity contribution < 1.29 is 4.79 Å². The first-order valence-electron chi connectivity index (χ1n) is 4.09. The number of nitrogens with one attached hydrogen (secondary N) is 1. The van der Waals surface area contributed by atoms with Gasteiger partial charge >= 0.3 is 0 Å². The summed E-state index contributed by atoms with van der Waals surface area (Å²) < 4.78 is 0. The molecular weight excluding hydrogens is 186 g/mol. The molecule has 0 aromatic heterocycles. The van der Waals surface area contributed by atoms with Crippen LogP contribution in [0.15, 0.2) is 24.3 Å². The molecular formula is C10H14ClNO. The molecule has 0 radical (unpaired) electrons. The molecule has 0 saturated heterocycles. The summed E-state index contributed by atoms with van der Waals surface area (Å²) in [6, 6.07) is 7.54. The van der Waals surface area contributed by atoms with E-state index in [1.54, 1.807) is 0 Å². The minimum absolute atomic E-state index is 0. The molecule has 0 bridgehead atoms. The first kappa shape index (κ1) is 12.0. The molecule has 0 spiro atoms. The Bertz CT molecular complexity index is 269. The van der Waals surface area contributed by atoms with Crippen LogP contribution in [0.2, 0.25) is 0 Å². The molecule has 1 rings (SSSR count). The number of benzene rings is 1. The van der Waals surface area contributed by atoms with Crippen LogP contribution in [-0.2, 0) is 0 Å². The van der Waals surface area contributed by atoms with Gasteiger partial charge in [0.15, 0.2) is 0 Å². The van der Waals surface area contributed by atoms with Gasteiger partial charge in [-0.1, -0.05) is 17.7 Å². The Morgan fingerprint density at radius 3 is 2.31 bits per heavy atom. The van der Waals surface area contributed by atoms with Crippen LogP contribution in [0.3, 0.4) is 0 Å². The van der Waals surface area contributed by atoms with Crippen molar-refractivity contribution in [3.63, 3.8) is 0 Å². The second-order valence-electron chi connectivity index (χ2n) is 2.73. The fraction of sp³-hybridized carbons (Fsp3) is 0.300. The predicted octanol–water partition coefficient (Wildman–Crippen LogP) is 2.17. The lowest BCUT2D eigenvalue weighted by molar-refractivity contribution is 0.0956. The molecule has 13 heavy (non-hydrogen) atoms. The van der Waals surface area contributed by atoms with Crippen LogP contribution >= 0.6 is 12.4 Å². The highest BCUT2D eigenvalue weighted by Crippen LogP contribution is 2.02. The van der Waals surface area contributed by atoms with Gasteiger partial charge in [-0.05, 0) is 26.0 Å². The predicted molar refractivity (Wildman–Crippen MR) is 56.4 cm³/mol. The summed E-state index contributed by atoms with van der Waals surface area (Å²) in [4.78, 5) is 11.2. The summed E-state index contributed by atoms with van der Waals surface area (Å²) in [6.45, 7) is 4.58. The number of aryl methyl sites for hydroxylation is 1. The van der Waals surface area contributed by atoms with Crippen LogP contribution in [-0.4, -0.2) is 12.5 Å². The summed E-state index contributed by atoms with van der Waals surface area (Å²) in [5, 5.41) is 2.74. The number of amides is 1. The van der Waals surface area contributed by atoms with E-state index in [2.05, 4.69) is 5.32 Å². The molecule has 0 aliphatic heterocycles. The summed E-state index contributed by atoms with van der Waals surface area (Å²) >= 11 is 0. The minimum atomic E-state index is -0.00231. The maximum Gasteiger partial charge on any atom is 0.251 e. The molecule has 1 amide bonds. The van der Waals surface area contributed by atoms with E-state index in [9.17, 15) is 4.79 Å². The normalized spacial score (nSPS) is 8.77. The summed E-state index contributed by atoms with van der Waals surface area (Å²) in [6.07, 6.45) is 0. The quantitative estimate of drug-likeness (QED) is 0.777. The Morgan fingerprint density at radius 2 is 1.85 bits per heavy atom. The van der Waals surface area contributed by atoms with Gasteiger partial charge in [0, 0.05) is 12.1 Å². The van der Waals surface area contributed by atoms with E-state index >= 15 is 0 Å². The van der Waals surface area contributed by atoms with Crippen molar-refractivity contribution in [3.05, 3.63) is 35.4 Å². The van der Waals surface area contributed by atoms with E-state index in [1.165, 1.54) is 5.56 Å². The van der Waals surface area contributed by atoms with Crippen molar-refractivity contribution in [3.8, 4) is 0 Å². The third kappa shape index (κ3) is 3.47. The first-order chi connectivity index (χ1) is 5.74. The van der Waals surface area contributed by atoms with Gasteiger partial charge in [-0.3, -0.25) is 4.79 Å². The average molecular weight is 200 g/mol. The van der Waals surface area contributed by atoms with E-state index in [4.69, 9.17) is 0 Å². The molecule has 1 aromatic carbocycles. The second-order valence-corrected chi connectivity index (χ2v) is 2.73. The summed E-state index contributed by atoms with van der Waals surface area (Å²) in [5.41, 5.74) is 1.89. The molecule has 1 N–H and O–H groups in total. The fourth-order valence-corrected chi connectivity index (χ4v) is 0.968. The number of carbonyl (C=O) groups is 1. The van der Waals surface area contributed by atoms with Gasteiger partial charge in [-0.15, -0.1) is 12.4 Å². The molecule has 0 atom stereocenters. The Hall–Kier alpha value is -1.02. The minimum Gasteiger partial charge on any atom is -0.352 e. The smallest absolute Gasteiger partial charge is 0.251 e. The molecule has 2 nitrogen and oxygen atoms in total. The highest BCUT2D eigenvalue weighted by Gasteiger charge is 2.01. The van der Waals surface area contributed by atoms with Crippen molar-refractivity contribution >= 4 is 18.3 Å². The van der Waals surface area contributed by atoms with Gasteiger partial charge in [0.05, 0.1) is 0 Å². The van der Waals surface area contributed by atoms with E-state index in [0.717, 1.165) is 5.56 Å². The van der Waals surface area contributed by atoms with Crippen LogP contribution < -0.4 is 5.32 Å². The highest BCUT2D eigenvalue weighted by atomic mass is 35.5. The third-order valence-corrected chi connectivity index (χ3v) is 1.65. The number of carbonyl (C=O) groups excluding carboxylic acids is 1. The van der Waals surface area contributed by atoms with Gasteiger partial charge in [-0.2, -0.15) is 0 Å². The molecule has 0 fully saturated rings. The first-order valence-corrected chi connectivity index (χ1v) is 4.09. The van der Waals surface area contributed by atoms with E-state index in [1.807, 2.05) is 38.1 Å². The molecule has 1 aromatic rings. The van der Waals surface area contributed by atoms with Gasteiger partial charge in [0.1, 0.15) is 0 Å². The van der Waals surface area contributed by atoms with Crippen molar-refractivity contribution in [2.24, 2.45) is 0 Å². The lowest BCUT2D eigenvalue weighted by Crippen LogP contribution is -2.22. The Labute approximate surface area is 84.8 Å². The van der Waals surface area contributed by atoms with Crippen molar-refractivity contribution in [2.75, 3.05) is 6.54 Å². The zero-order chi connectivity index (χ0) is 8.97. The van der Waals surface area contributed by atoms with E-state index in [0.29, 0.717) is 6.54 Å². The second kappa shape index (κ2) is 5.60. The fourth-order valence-electron chi connectivity index (χ4n) is 0.968. The Kier molecular flexibility index (Phi) is 5.16. The van der Waals surface area contributed by atoms with Crippen LogP contribution in [0.25, 0.3) is 0 Å². The summed E-state index contributed by atoms with van der Waals surface area (Å²) in [7, 11) is 0. The topological polar surface area (TPSA) is 29.1 Å². The van der Waals surface area contributed by atoms with Crippen LogP contribution in [0.5, 0.6) is 0 Å².